The number of carboxylic acid groups (broad SMARTS) is 1. The van der Waals surface area contributed by atoms with E-state index in [1.165, 1.54) is 32.1 Å². The molecule has 124 valence electrons. The lowest BCUT2D eigenvalue weighted by Crippen LogP contribution is -2.18. The molecule has 2 atom stereocenters. The fourth-order valence-corrected chi connectivity index (χ4v) is 3.64. The van der Waals surface area contributed by atoms with E-state index in [2.05, 4.69) is 5.32 Å². The number of hydrogen-bond acceptors (Lipinski definition) is 3. The SMILES string of the molecule is O=C(O)COc1cccc(NC(=O)C2CC2C2CCCCC2)c1. The summed E-state index contributed by atoms with van der Waals surface area (Å²) >= 11 is 0. The summed E-state index contributed by atoms with van der Waals surface area (Å²) in [6.45, 7) is -0.385. The van der Waals surface area contributed by atoms with E-state index in [1.807, 2.05) is 0 Å². The summed E-state index contributed by atoms with van der Waals surface area (Å²) < 4.78 is 5.13. The van der Waals surface area contributed by atoms with Crippen molar-refractivity contribution in [3.05, 3.63) is 24.3 Å². The van der Waals surface area contributed by atoms with Gasteiger partial charge in [0.1, 0.15) is 5.75 Å². The minimum Gasteiger partial charge on any atom is -0.482 e. The molecule has 1 aromatic rings. The van der Waals surface area contributed by atoms with Crippen LogP contribution in [0.1, 0.15) is 38.5 Å². The highest BCUT2D eigenvalue weighted by molar-refractivity contribution is 5.94. The zero-order valence-corrected chi connectivity index (χ0v) is 13.2. The number of carbonyl (C=O) groups is 2. The standard InChI is InChI=1S/C18H23NO4/c20-17(21)11-23-14-8-4-7-13(9-14)19-18(22)16-10-15(16)12-5-2-1-3-6-12/h4,7-9,12,15-16H,1-3,5-6,10-11H2,(H,19,22)(H,20,21). The number of anilines is 1. The average Bonchev–Trinajstić information content (AvgIpc) is 3.35. The molecule has 2 saturated carbocycles. The van der Waals surface area contributed by atoms with E-state index in [0.29, 0.717) is 17.4 Å². The molecule has 23 heavy (non-hydrogen) atoms. The molecule has 0 bridgehead atoms. The van der Waals surface area contributed by atoms with Gasteiger partial charge in [0.2, 0.25) is 5.91 Å². The van der Waals surface area contributed by atoms with Crippen LogP contribution in [0.15, 0.2) is 24.3 Å². The van der Waals surface area contributed by atoms with Crippen LogP contribution in [0.5, 0.6) is 5.75 Å². The van der Waals surface area contributed by atoms with Crippen molar-refractivity contribution in [3.8, 4) is 5.75 Å². The molecular formula is C18H23NO4. The largest absolute Gasteiger partial charge is 0.482 e. The quantitative estimate of drug-likeness (QED) is 0.844. The smallest absolute Gasteiger partial charge is 0.341 e. The number of ether oxygens (including phenoxy) is 1. The molecule has 2 unspecified atom stereocenters. The molecule has 0 saturated heterocycles. The van der Waals surface area contributed by atoms with E-state index < -0.39 is 5.97 Å². The highest BCUT2D eigenvalue weighted by Gasteiger charge is 2.47. The van der Waals surface area contributed by atoms with Gasteiger partial charge in [0.25, 0.3) is 0 Å². The summed E-state index contributed by atoms with van der Waals surface area (Å²) in [5, 5.41) is 11.6. The Labute approximate surface area is 136 Å². The zero-order chi connectivity index (χ0) is 16.2. The van der Waals surface area contributed by atoms with Gasteiger partial charge in [0.15, 0.2) is 6.61 Å². The molecule has 5 heteroatoms. The van der Waals surface area contributed by atoms with Crippen LogP contribution in [0.4, 0.5) is 5.69 Å². The highest BCUT2D eigenvalue weighted by Crippen LogP contribution is 2.49. The molecule has 2 aliphatic rings. The van der Waals surface area contributed by atoms with Gasteiger partial charge in [-0.1, -0.05) is 38.2 Å². The van der Waals surface area contributed by atoms with Crippen molar-refractivity contribution >= 4 is 17.6 Å². The number of hydrogen-bond donors (Lipinski definition) is 2. The molecule has 3 rings (SSSR count). The first-order valence-electron chi connectivity index (χ1n) is 8.39. The fourth-order valence-electron chi connectivity index (χ4n) is 3.64. The second-order valence-electron chi connectivity index (χ2n) is 6.60. The number of nitrogens with one attached hydrogen (secondary N) is 1. The Bertz CT molecular complexity index is 580. The van der Waals surface area contributed by atoms with E-state index in [0.717, 1.165) is 12.3 Å². The Morgan fingerprint density at radius 1 is 1.22 bits per heavy atom. The monoisotopic (exact) mass is 317 g/mol. The lowest BCUT2D eigenvalue weighted by atomic mass is 9.85. The second kappa shape index (κ2) is 7.02. The molecule has 0 heterocycles. The van der Waals surface area contributed by atoms with Crippen molar-refractivity contribution in [2.75, 3.05) is 11.9 Å². The van der Waals surface area contributed by atoms with Crippen LogP contribution in [-0.2, 0) is 9.59 Å². The topological polar surface area (TPSA) is 75.6 Å². The van der Waals surface area contributed by atoms with Gasteiger partial charge >= 0.3 is 5.97 Å². The maximum atomic E-state index is 12.4. The van der Waals surface area contributed by atoms with Crippen molar-refractivity contribution in [2.24, 2.45) is 17.8 Å². The lowest BCUT2D eigenvalue weighted by Gasteiger charge is -2.21. The Morgan fingerprint density at radius 3 is 2.74 bits per heavy atom. The molecule has 2 aliphatic carbocycles. The first-order valence-corrected chi connectivity index (χ1v) is 8.39. The van der Waals surface area contributed by atoms with Gasteiger partial charge in [0.05, 0.1) is 0 Å². The third-order valence-corrected chi connectivity index (χ3v) is 4.90. The predicted octanol–water partition coefficient (Wildman–Crippen LogP) is 3.30. The molecule has 0 aromatic heterocycles. The van der Waals surface area contributed by atoms with Crippen LogP contribution in [0.3, 0.4) is 0 Å². The van der Waals surface area contributed by atoms with E-state index in [-0.39, 0.29) is 18.4 Å². The molecule has 2 fully saturated rings. The Morgan fingerprint density at radius 2 is 2.00 bits per heavy atom. The Balaban J connectivity index is 1.52. The second-order valence-corrected chi connectivity index (χ2v) is 6.60. The molecule has 0 radical (unpaired) electrons. The Kier molecular flexibility index (Phi) is 4.84. The fraction of sp³-hybridized carbons (Fsp3) is 0.556. The van der Waals surface area contributed by atoms with E-state index in [9.17, 15) is 9.59 Å². The molecule has 0 spiro atoms. The van der Waals surface area contributed by atoms with Crippen molar-refractivity contribution < 1.29 is 19.4 Å². The molecule has 5 nitrogen and oxygen atoms in total. The number of amides is 1. The summed E-state index contributed by atoms with van der Waals surface area (Å²) in [7, 11) is 0. The third-order valence-electron chi connectivity index (χ3n) is 4.90. The molecule has 2 N–H and O–H groups in total. The summed E-state index contributed by atoms with van der Waals surface area (Å²) in [6.07, 6.45) is 7.49. The number of aliphatic carboxylic acids is 1. The van der Waals surface area contributed by atoms with Crippen LogP contribution in [-0.4, -0.2) is 23.6 Å². The molecule has 1 amide bonds. The summed E-state index contributed by atoms with van der Waals surface area (Å²) in [6, 6.07) is 6.89. The van der Waals surface area contributed by atoms with Crippen molar-refractivity contribution in [1.82, 2.24) is 0 Å². The van der Waals surface area contributed by atoms with E-state index in [1.54, 1.807) is 24.3 Å². The van der Waals surface area contributed by atoms with Crippen molar-refractivity contribution in [3.63, 3.8) is 0 Å². The normalized spacial score (nSPS) is 24.0. The average molecular weight is 317 g/mol. The van der Waals surface area contributed by atoms with Crippen molar-refractivity contribution in [1.29, 1.82) is 0 Å². The molecule has 1 aromatic carbocycles. The van der Waals surface area contributed by atoms with Crippen LogP contribution in [0.25, 0.3) is 0 Å². The van der Waals surface area contributed by atoms with Crippen LogP contribution in [0, 0.1) is 17.8 Å². The predicted molar refractivity (Wildman–Crippen MR) is 86.4 cm³/mol. The van der Waals surface area contributed by atoms with Gasteiger partial charge in [-0.3, -0.25) is 4.79 Å². The first-order chi connectivity index (χ1) is 11.1. The van der Waals surface area contributed by atoms with Crippen molar-refractivity contribution in [2.45, 2.75) is 38.5 Å². The van der Waals surface area contributed by atoms with Gasteiger partial charge in [-0.2, -0.15) is 0 Å². The zero-order valence-electron chi connectivity index (χ0n) is 13.2. The highest BCUT2D eigenvalue weighted by atomic mass is 16.5. The maximum absolute atomic E-state index is 12.4. The van der Waals surface area contributed by atoms with Crippen LogP contribution >= 0.6 is 0 Å². The number of rotatable bonds is 6. The third kappa shape index (κ3) is 4.24. The lowest BCUT2D eigenvalue weighted by molar-refractivity contribution is -0.139. The van der Waals surface area contributed by atoms with Crippen LogP contribution in [0.2, 0.25) is 0 Å². The number of carboxylic acids is 1. The molecule has 0 aliphatic heterocycles. The Hall–Kier alpha value is -2.04. The number of carbonyl (C=O) groups excluding carboxylic acids is 1. The summed E-state index contributed by atoms with van der Waals surface area (Å²) in [4.78, 5) is 22.9. The minimum absolute atomic E-state index is 0.0796. The van der Waals surface area contributed by atoms with Crippen LogP contribution < -0.4 is 10.1 Å². The maximum Gasteiger partial charge on any atom is 0.341 e. The van der Waals surface area contributed by atoms with Gasteiger partial charge in [-0.15, -0.1) is 0 Å². The summed E-state index contributed by atoms with van der Waals surface area (Å²) in [5.41, 5.74) is 0.659. The number of benzene rings is 1. The van der Waals surface area contributed by atoms with Gasteiger partial charge in [0, 0.05) is 17.7 Å². The minimum atomic E-state index is -1.02. The van der Waals surface area contributed by atoms with E-state index in [4.69, 9.17) is 9.84 Å². The summed E-state index contributed by atoms with van der Waals surface area (Å²) in [5.74, 6) is 0.932. The van der Waals surface area contributed by atoms with E-state index >= 15 is 0 Å². The molecular weight excluding hydrogens is 294 g/mol. The van der Waals surface area contributed by atoms with Gasteiger partial charge < -0.3 is 15.2 Å². The first kappa shape index (κ1) is 15.8. The van der Waals surface area contributed by atoms with Gasteiger partial charge in [-0.25, -0.2) is 4.79 Å². The van der Waals surface area contributed by atoms with Gasteiger partial charge in [-0.05, 0) is 30.4 Å².